The number of nitrogens with two attached hydrogens (primary N) is 1. The van der Waals surface area contributed by atoms with Gasteiger partial charge in [0.15, 0.2) is 15.8 Å². The molecule has 0 bridgehead atoms. The molecule has 3 rings (SSSR count). The van der Waals surface area contributed by atoms with Crippen LogP contribution in [0.2, 0.25) is 0 Å². The highest BCUT2D eigenvalue weighted by Gasteiger charge is 2.20. The van der Waals surface area contributed by atoms with E-state index in [9.17, 15) is 9.59 Å². The highest BCUT2D eigenvalue weighted by atomic mass is 32.1. The normalized spacial score (nSPS) is 11.1. The first-order valence-corrected chi connectivity index (χ1v) is 12.7. The predicted molar refractivity (Wildman–Crippen MR) is 133 cm³/mol. The smallest absolute Gasteiger partial charge is 0.224 e. The molecule has 0 saturated heterocycles. The second-order valence-electron chi connectivity index (χ2n) is 8.20. The van der Waals surface area contributed by atoms with Crippen molar-refractivity contribution in [2.45, 2.75) is 58.8 Å². The molecule has 0 saturated carbocycles. The van der Waals surface area contributed by atoms with Crippen LogP contribution in [0.3, 0.4) is 0 Å². The van der Waals surface area contributed by atoms with Crippen LogP contribution in [-0.4, -0.2) is 21.7 Å². The molecule has 32 heavy (non-hydrogen) atoms. The molecule has 0 aliphatic carbocycles. The van der Waals surface area contributed by atoms with Crippen molar-refractivity contribution in [3.8, 4) is 10.0 Å². The number of carbonyl (C=O) groups is 2. The van der Waals surface area contributed by atoms with Gasteiger partial charge in [0.25, 0.3) is 0 Å². The molecule has 1 amide bonds. The van der Waals surface area contributed by atoms with Crippen LogP contribution in [0.1, 0.15) is 67.7 Å². The summed E-state index contributed by atoms with van der Waals surface area (Å²) in [4.78, 5) is 35.0. The van der Waals surface area contributed by atoms with Crippen LogP contribution in [0, 0.1) is 5.92 Å². The van der Waals surface area contributed by atoms with E-state index in [1.54, 1.807) is 41.0 Å². The van der Waals surface area contributed by atoms with Crippen molar-refractivity contribution in [3.63, 3.8) is 0 Å². The van der Waals surface area contributed by atoms with Crippen LogP contribution in [0.4, 0.5) is 11.4 Å². The Balaban J connectivity index is 1.43. The Morgan fingerprint density at radius 3 is 2.50 bits per heavy atom. The number of nitrogens with one attached hydrogen (secondary N) is 1. The second kappa shape index (κ2) is 11.9. The van der Waals surface area contributed by atoms with Gasteiger partial charge in [0.05, 0.1) is 11.4 Å². The summed E-state index contributed by atoms with van der Waals surface area (Å²) in [6.07, 6.45) is 6.96. The fourth-order valence-corrected chi connectivity index (χ4v) is 5.34. The van der Waals surface area contributed by atoms with Crippen molar-refractivity contribution in [3.05, 3.63) is 46.4 Å². The van der Waals surface area contributed by atoms with Gasteiger partial charge in [-0.15, -0.1) is 22.7 Å². The predicted octanol–water partition coefficient (Wildman–Crippen LogP) is 6.21. The lowest BCUT2D eigenvalue weighted by Gasteiger charge is -2.07. The van der Waals surface area contributed by atoms with E-state index in [4.69, 9.17) is 5.73 Å². The van der Waals surface area contributed by atoms with Crippen LogP contribution in [0.5, 0.6) is 0 Å². The van der Waals surface area contributed by atoms with E-state index >= 15 is 0 Å². The maximum absolute atomic E-state index is 12.9. The minimum atomic E-state index is -0.0329. The van der Waals surface area contributed by atoms with E-state index < -0.39 is 0 Å². The van der Waals surface area contributed by atoms with Crippen LogP contribution in [0.25, 0.3) is 10.0 Å². The summed E-state index contributed by atoms with van der Waals surface area (Å²) >= 11 is 3.13. The number of aromatic nitrogens is 2. The second-order valence-corrected chi connectivity index (χ2v) is 10.2. The van der Waals surface area contributed by atoms with Gasteiger partial charge in [-0.2, -0.15) is 0 Å². The highest BCUT2D eigenvalue weighted by Crippen LogP contribution is 2.32. The third-order valence-electron chi connectivity index (χ3n) is 4.96. The Morgan fingerprint density at radius 2 is 1.81 bits per heavy atom. The van der Waals surface area contributed by atoms with Crippen molar-refractivity contribution in [1.29, 1.82) is 0 Å². The minimum absolute atomic E-state index is 0.0329. The molecule has 1 aromatic carbocycles. The maximum Gasteiger partial charge on any atom is 0.224 e. The molecule has 3 N–H and O–H groups in total. The van der Waals surface area contributed by atoms with Gasteiger partial charge in [-0.05, 0) is 37.3 Å². The minimum Gasteiger partial charge on any atom is -0.397 e. The first-order chi connectivity index (χ1) is 15.4. The molecule has 0 radical (unpaired) electrons. The Hall–Kier alpha value is -2.58. The van der Waals surface area contributed by atoms with Gasteiger partial charge >= 0.3 is 0 Å². The maximum atomic E-state index is 12.9. The molecule has 2 heterocycles. The fraction of sp³-hybridized carbons (Fsp3) is 0.417. The Bertz CT molecular complexity index is 1030. The van der Waals surface area contributed by atoms with E-state index in [1.165, 1.54) is 0 Å². The molecule has 0 spiro atoms. The lowest BCUT2D eigenvalue weighted by molar-refractivity contribution is -0.116. The standard InChI is InChI=1S/C24H30N4O2S2/c1-16(2)15-20-22(28-24(32-20)23-26-13-14-31-23)19(29)11-5-3-4-6-12-21(30)27-18-10-8-7-9-17(18)25/h7-10,13-14,16H,3-6,11-12,15,25H2,1-2H3,(H,27,30). The first kappa shape index (κ1) is 24.1. The van der Waals surface area contributed by atoms with Crippen molar-refractivity contribution < 1.29 is 9.59 Å². The van der Waals surface area contributed by atoms with Gasteiger partial charge in [0, 0.05) is 29.3 Å². The van der Waals surface area contributed by atoms with Gasteiger partial charge in [0.1, 0.15) is 5.69 Å². The number of para-hydroxylation sites is 2. The number of rotatable bonds is 12. The third kappa shape index (κ3) is 6.97. The van der Waals surface area contributed by atoms with Crippen LogP contribution < -0.4 is 11.1 Å². The van der Waals surface area contributed by atoms with Crippen molar-refractivity contribution in [2.75, 3.05) is 11.1 Å². The van der Waals surface area contributed by atoms with E-state index in [0.29, 0.717) is 35.8 Å². The largest absolute Gasteiger partial charge is 0.397 e. The summed E-state index contributed by atoms with van der Waals surface area (Å²) < 4.78 is 0. The summed E-state index contributed by atoms with van der Waals surface area (Å²) in [5.41, 5.74) is 7.69. The average Bonchev–Trinajstić information content (AvgIpc) is 3.42. The summed E-state index contributed by atoms with van der Waals surface area (Å²) in [5, 5.41) is 6.48. The number of benzene rings is 1. The number of unbranched alkanes of at least 4 members (excludes halogenated alkanes) is 3. The van der Waals surface area contributed by atoms with Crippen molar-refractivity contribution in [2.24, 2.45) is 5.92 Å². The Kier molecular flexibility index (Phi) is 8.93. The molecular weight excluding hydrogens is 440 g/mol. The molecule has 0 unspecified atom stereocenters. The topological polar surface area (TPSA) is 98.0 Å². The zero-order valence-electron chi connectivity index (χ0n) is 18.6. The van der Waals surface area contributed by atoms with Gasteiger partial charge in [-0.1, -0.05) is 38.8 Å². The molecule has 0 aliphatic heterocycles. The first-order valence-electron chi connectivity index (χ1n) is 11.0. The number of ketones is 1. The van der Waals surface area contributed by atoms with Crippen LogP contribution >= 0.6 is 22.7 Å². The molecule has 170 valence electrons. The number of amides is 1. The van der Waals surface area contributed by atoms with Gasteiger partial charge in [-0.25, -0.2) is 9.97 Å². The Morgan fingerprint density at radius 1 is 1.06 bits per heavy atom. The molecular formula is C24H30N4O2S2. The van der Waals surface area contributed by atoms with E-state index in [0.717, 1.165) is 47.0 Å². The van der Waals surface area contributed by atoms with E-state index in [1.807, 2.05) is 17.5 Å². The number of carbonyl (C=O) groups excluding carboxylic acids is 2. The molecule has 0 fully saturated rings. The molecule has 0 aliphatic rings. The third-order valence-corrected chi connectivity index (χ3v) is 6.96. The monoisotopic (exact) mass is 470 g/mol. The number of hydrogen-bond acceptors (Lipinski definition) is 7. The van der Waals surface area contributed by atoms with E-state index in [2.05, 4.69) is 29.1 Å². The van der Waals surface area contributed by atoms with Crippen LogP contribution in [0.15, 0.2) is 35.8 Å². The zero-order chi connectivity index (χ0) is 22.9. The number of Topliss-reactive ketones (excluding diaryl/α,β-unsaturated/α-hetero) is 1. The highest BCUT2D eigenvalue weighted by molar-refractivity contribution is 7.20. The SMILES string of the molecule is CC(C)Cc1sc(-c2nccs2)nc1C(=O)CCCCCCC(=O)Nc1ccccc1N. The lowest BCUT2D eigenvalue weighted by atomic mass is 10.0. The number of anilines is 2. The zero-order valence-corrected chi connectivity index (χ0v) is 20.2. The quantitative estimate of drug-likeness (QED) is 0.186. The number of nitrogen functional groups attached to an aromatic ring is 1. The number of hydrogen-bond donors (Lipinski definition) is 2. The fourth-order valence-electron chi connectivity index (χ4n) is 3.37. The van der Waals surface area contributed by atoms with Crippen molar-refractivity contribution in [1.82, 2.24) is 9.97 Å². The summed E-state index contributed by atoms with van der Waals surface area (Å²) in [5.74, 6) is 0.537. The van der Waals surface area contributed by atoms with Crippen LogP contribution in [-0.2, 0) is 11.2 Å². The molecule has 2 aromatic heterocycles. The molecule has 0 atom stereocenters. The van der Waals surface area contributed by atoms with Crippen molar-refractivity contribution >= 4 is 45.7 Å². The summed E-state index contributed by atoms with van der Waals surface area (Å²) in [7, 11) is 0. The summed E-state index contributed by atoms with van der Waals surface area (Å²) in [6, 6.07) is 7.24. The Labute approximate surface area is 197 Å². The van der Waals surface area contributed by atoms with Gasteiger partial charge in [0.2, 0.25) is 5.91 Å². The average molecular weight is 471 g/mol. The van der Waals surface area contributed by atoms with Gasteiger partial charge < -0.3 is 11.1 Å². The number of thiazole rings is 2. The molecule has 6 nitrogen and oxygen atoms in total. The molecule has 3 aromatic rings. The lowest BCUT2D eigenvalue weighted by Crippen LogP contribution is -2.12. The molecule has 8 heteroatoms. The summed E-state index contributed by atoms with van der Waals surface area (Å²) in [6.45, 7) is 4.30. The van der Waals surface area contributed by atoms with E-state index in [-0.39, 0.29) is 11.7 Å². The number of nitrogens with zero attached hydrogens (tertiary/aromatic N) is 2. The van der Waals surface area contributed by atoms with Gasteiger partial charge in [-0.3, -0.25) is 9.59 Å².